The molecule has 1 heterocycles. The first kappa shape index (κ1) is 10.9. The molecule has 1 aliphatic carbocycles. The quantitative estimate of drug-likeness (QED) is 0.754. The molecule has 84 valence electrons. The minimum atomic E-state index is -0.791. The van der Waals surface area contributed by atoms with Gasteiger partial charge < -0.3 is 0 Å². The van der Waals surface area contributed by atoms with E-state index in [2.05, 4.69) is 11.2 Å². The molecule has 1 atom stereocenters. The van der Waals surface area contributed by atoms with E-state index in [1.54, 1.807) is 4.68 Å². The molecule has 16 heavy (non-hydrogen) atoms. The lowest BCUT2D eigenvalue weighted by atomic mass is 9.82. The average Bonchev–Trinajstić information content (AvgIpc) is 2.73. The number of nitriles is 1. The van der Waals surface area contributed by atoms with Crippen LogP contribution in [0.5, 0.6) is 0 Å². The van der Waals surface area contributed by atoms with Crippen molar-refractivity contribution in [2.75, 3.05) is 0 Å². The molecule has 0 N–H and O–H groups in total. The maximum Gasteiger partial charge on any atom is 0.153 e. The third-order valence-electron chi connectivity index (χ3n) is 3.34. The van der Waals surface area contributed by atoms with Gasteiger partial charge in [-0.25, -0.2) is 0 Å². The fourth-order valence-corrected chi connectivity index (χ4v) is 2.41. The van der Waals surface area contributed by atoms with Crippen LogP contribution in [0.1, 0.15) is 30.7 Å². The van der Waals surface area contributed by atoms with Gasteiger partial charge in [-0.15, -0.1) is 0 Å². The fourth-order valence-electron chi connectivity index (χ4n) is 2.41. The van der Waals surface area contributed by atoms with Crippen molar-refractivity contribution in [1.29, 1.82) is 5.26 Å². The molecule has 0 amide bonds. The van der Waals surface area contributed by atoms with E-state index in [1.807, 2.05) is 20.0 Å². The minimum Gasteiger partial charge on any atom is -0.298 e. The number of hydrogen-bond donors (Lipinski definition) is 0. The molecule has 0 radical (unpaired) electrons. The Kier molecular flexibility index (Phi) is 2.55. The highest BCUT2D eigenvalue weighted by Gasteiger charge is 2.42. The van der Waals surface area contributed by atoms with E-state index < -0.39 is 5.41 Å². The van der Waals surface area contributed by atoms with Crippen LogP contribution < -0.4 is 0 Å². The molecule has 0 saturated heterocycles. The van der Waals surface area contributed by atoms with E-state index in [-0.39, 0.29) is 5.78 Å². The van der Waals surface area contributed by atoms with Crippen LogP contribution in [0.25, 0.3) is 0 Å². The monoisotopic (exact) mass is 217 g/mol. The van der Waals surface area contributed by atoms with Gasteiger partial charge in [0.25, 0.3) is 0 Å². The van der Waals surface area contributed by atoms with E-state index in [9.17, 15) is 10.1 Å². The number of carbonyl (C=O) groups excluding carboxylic acids is 1. The Morgan fingerprint density at radius 3 is 2.88 bits per heavy atom. The van der Waals surface area contributed by atoms with Crippen molar-refractivity contribution in [2.45, 2.75) is 32.6 Å². The van der Waals surface area contributed by atoms with Gasteiger partial charge >= 0.3 is 0 Å². The van der Waals surface area contributed by atoms with E-state index in [1.165, 1.54) is 0 Å². The predicted octanol–water partition coefficient (Wildman–Crippen LogP) is 1.53. The van der Waals surface area contributed by atoms with Gasteiger partial charge in [-0.1, -0.05) is 0 Å². The summed E-state index contributed by atoms with van der Waals surface area (Å²) in [5.41, 5.74) is 1.10. The van der Waals surface area contributed by atoms with E-state index in [0.717, 1.165) is 17.8 Å². The number of hydrogen-bond acceptors (Lipinski definition) is 3. The zero-order chi connectivity index (χ0) is 11.8. The molecule has 0 spiro atoms. The van der Waals surface area contributed by atoms with Gasteiger partial charge in [0.15, 0.2) is 5.78 Å². The lowest BCUT2D eigenvalue weighted by Gasteiger charge is -2.18. The summed E-state index contributed by atoms with van der Waals surface area (Å²) in [5.74, 6) is 0.0915. The van der Waals surface area contributed by atoms with Crippen LogP contribution in [0.15, 0.2) is 6.07 Å². The van der Waals surface area contributed by atoms with E-state index in [0.29, 0.717) is 19.3 Å². The highest BCUT2D eigenvalue weighted by atomic mass is 16.1. The van der Waals surface area contributed by atoms with Gasteiger partial charge in [0.05, 0.1) is 11.8 Å². The molecule has 1 aromatic heterocycles. The summed E-state index contributed by atoms with van der Waals surface area (Å²) < 4.78 is 1.76. The summed E-state index contributed by atoms with van der Waals surface area (Å²) in [6, 6.07) is 4.17. The normalized spacial score (nSPS) is 24.7. The number of ketones is 1. The molecule has 4 nitrogen and oxygen atoms in total. The molecule has 1 unspecified atom stereocenters. The topological polar surface area (TPSA) is 58.7 Å². The Bertz CT molecular complexity index is 469. The summed E-state index contributed by atoms with van der Waals surface area (Å²) in [5, 5.41) is 13.5. The number of rotatable bonds is 2. The van der Waals surface area contributed by atoms with Crippen LogP contribution in [-0.2, 0) is 18.3 Å². The van der Waals surface area contributed by atoms with E-state index >= 15 is 0 Å². The van der Waals surface area contributed by atoms with Crippen LogP contribution in [0.4, 0.5) is 0 Å². The Hall–Kier alpha value is -1.63. The number of aryl methyl sites for hydroxylation is 2. The maximum atomic E-state index is 11.8. The molecule has 1 saturated carbocycles. The second-order valence-corrected chi connectivity index (χ2v) is 4.55. The van der Waals surface area contributed by atoms with Gasteiger partial charge in [0.1, 0.15) is 5.41 Å². The number of Topliss-reactive ketones (excluding diaryl/α,β-unsaturated/α-hetero) is 1. The average molecular weight is 217 g/mol. The first-order valence-electron chi connectivity index (χ1n) is 5.51. The number of aromatic nitrogens is 2. The lowest BCUT2D eigenvalue weighted by Crippen LogP contribution is -2.27. The summed E-state index contributed by atoms with van der Waals surface area (Å²) in [4.78, 5) is 11.8. The number of nitrogens with zero attached hydrogens (tertiary/aromatic N) is 3. The fraction of sp³-hybridized carbons (Fsp3) is 0.583. The van der Waals surface area contributed by atoms with Crippen LogP contribution in [0, 0.1) is 23.7 Å². The molecule has 0 aliphatic heterocycles. The summed E-state index contributed by atoms with van der Waals surface area (Å²) in [6.07, 6.45) is 2.57. The first-order valence-corrected chi connectivity index (χ1v) is 5.51. The highest BCUT2D eigenvalue weighted by molar-refractivity contribution is 5.89. The van der Waals surface area contributed by atoms with Crippen LogP contribution >= 0.6 is 0 Å². The van der Waals surface area contributed by atoms with Crippen molar-refractivity contribution in [3.05, 3.63) is 17.5 Å². The molecular formula is C12H15N3O. The van der Waals surface area contributed by atoms with E-state index in [4.69, 9.17) is 0 Å². The van der Waals surface area contributed by atoms with Crippen molar-refractivity contribution >= 4 is 5.78 Å². The van der Waals surface area contributed by atoms with Crippen molar-refractivity contribution in [1.82, 2.24) is 9.78 Å². The van der Waals surface area contributed by atoms with Gasteiger partial charge in [-0.05, 0) is 25.8 Å². The van der Waals surface area contributed by atoms with Crippen LogP contribution in [0.3, 0.4) is 0 Å². The van der Waals surface area contributed by atoms with Crippen molar-refractivity contribution in [2.24, 2.45) is 12.5 Å². The highest BCUT2D eigenvalue weighted by Crippen LogP contribution is 2.37. The summed E-state index contributed by atoms with van der Waals surface area (Å²) in [7, 11) is 1.85. The van der Waals surface area contributed by atoms with Crippen molar-refractivity contribution < 1.29 is 4.79 Å². The van der Waals surface area contributed by atoms with Gasteiger partial charge in [0.2, 0.25) is 0 Å². The Morgan fingerprint density at radius 1 is 1.69 bits per heavy atom. The minimum absolute atomic E-state index is 0.0915. The Morgan fingerprint density at radius 2 is 2.44 bits per heavy atom. The first-order chi connectivity index (χ1) is 7.57. The molecule has 1 fully saturated rings. The Balaban J connectivity index is 2.29. The zero-order valence-corrected chi connectivity index (χ0v) is 9.66. The summed E-state index contributed by atoms with van der Waals surface area (Å²) >= 11 is 0. The smallest absolute Gasteiger partial charge is 0.153 e. The third-order valence-corrected chi connectivity index (χ3v) is 3.34. The second-order valence-electron chi connectivity index (χ2n) is 4.55. The van der Waals surface area contributed by atoms with Crippen molar-refractivity contribution in [3.8, 4) is 6.07 Å². The van der Waals surface area contributed by atoms with Gasteiger partial charge in [0, 0.05) is 25.6 Å². The SMILES string of the molecule is Cc1cc(CC2(C#N)CCCC2=O)n(C)n1. The predicted molar refractivity (Wildman–Crippen MR) is 58.6 cm³/mol. The molecule has 1 aliphatic rings. The van der Waals surface area contributed by atoms with Crippen LogP contribution in [0.2, 0.25) is 0 Å². The molecule has 4 heteroatoms. The number of carbonyl (C=O) groups is 1. The molecular weight excluding hydrogens is 202 g/mol. The zero-order valence-electron chi connectivity index (χ0n) is 9.66. The standard InChI is InChI=1S/C12H15N3O/c1-9-6-10(15(2)14-9)7-12(8-13)5-3-4-11(12)16/h6H,3-5,7H2,1-2H3. The van der Waals surface area contributed by atoms with Crippen LogP contribution in [-0.4, -0.2) is 15.6 Å². The summed E-state index contributed by atoms with van der Waals surface area (Å²) in [6.45, 7) is 1.92. The van der Waals surface area contributed by atoms with Gasteiger partial charge in [-0.3, -0.25) is 9.48 Å². The molecule has 0 aromatic carbocycles. The lowest BCUT2D eigenvalue weighted by molar-refractivity contribution is -0.123. The third kappa shape index (κ3) is 1.63. The maximum absolute atomic E-state index is 11.8. The molecule has 0 bridgehead atoms. The Labute approximate surface area is 94.9 Å². The van der Waals surface area contributed by atoms with Gasteiger partial charge in [-0.2, -0.15) is 10.4 Å². The van der Waals surface area contributed by atoms with Crippen molar-refractivity contribution in [3.63, 3.8) is 0 Å². The largest absolute Gasteiger partial charge is 0.298 e. The molecule has 2 rings (SSSR count). The second kappa shape index (κ2) is 3.75. The molecule has 1 aromatic rings.